The summed E-state index contributed by atoms with van der Waals surface area (Å²) in [5.74, 6) is -1.46. The monoisotopic (exact) mass is 360 g/mol. The van der Waals surface area contributed by atoms with Gasteiger partial charge in [0.15, 0.2) is 0 Å². The molecule has 1 aliphatic rings. The normalized spacial score (nSPS) is 17.6. The van der Waals surface area contributed by atoms with Crippen molar-refractivity contribution in [1.29, 1.82) is 0 Å². The minimum absolute atomic E-state index is 0.173. The van der Waals surface area contributed by atoms with Gasteiger partial charge in [-0.05, 0) is 17.5 Å². The molecule has 0 aliphatic carbocycles. The summed E-state index contributed by atoms with van der Waals surface area (Å²) in [5.41, 5.74) is 1.29. The predicted octanol–water partition coefficient (Wildman–Crippen LogP) is 2.38. The van der Waals surface area contributed by atoms with Crippen LogP contribution in [0.3, 0.4) is 0 Å². The van der Waals surface area contributed by atoms with Crippen LogP contribution in [0.4, 0.5) is 18.0 Å². The van der Waals surface area contributed by atoms with Gasteiger partial charge >= 0.3 is 18.2 Å². The van der Waals surface area contributed by atoms with Gasteiger partial charge in [-0.2, -0.15) is 13.2 Å². The quantitative estimate of drug-likeness (QED) is 0.816. The number of carboxylic acids is 1. The molecule has 0 radical (unpaired) electrons. The van der Waals surface area contributed by atoms with Crippen LogP contribution in [0.1, 0.15) is 17.5 Å². The summed E-state index contributed by atoms with van der Waals surface area (Å²) in [6.45, 7) is -0.734. The molecule has 2 rings (SSSR count). The number of likely N-dealkylation sites (tertiary alicyclic amines) is 1. The van der Waals surface area contributed by atoms with Crippen LogP contribution < -0.4 is 5.32 Å². The fourth-order valence-electron chi connectivity index (χ4n) is 2.55. The van der Waals surface area contributed by atoms with Gasteiger partial charge in [0.05, 0.1) is 12.5 Å². The Hall–Kier alpha value is -2.29. The van der Waals surface area contributed by atoms with Crippen LogP contribution in [0.2, 0.25) is 0 Å². The Morgan fingerprint density at radius 2 is 2.04 bits per heavy atom. The Morgan fingerprint density at radius 3 is 2.68 bits per heavy atom. The van der Waals surface area contributed by atoms with E-state index in [9.17, 15) is 22.8 Å². The number of benzene rings is 1. The van der Waals surface area contributed by atoms with E-state index in [-0.39, 0.29) is 25.7 Å². The number of urea groups is 1. The molecule has 0 aromatic heterocycles. The summed E-state index contributed by atoms with van der Waals surface area (Å²) in [4.78, 5) is 24.4. The van der Waals surface area contributed by atoms with Crippen LogP contribution in [0.5, 0.6) is 0 Å². The number of amides is 2. The molecule has 1 aromatic rings. The zero-order valence-corrected chi connectivity index (χ0v) is 13.4. The van der Waals surface area contributed by atoms with Crippen LogP contribution >= 0.6 is 0 Å². The summed E-state index contributed by atoms with van der Waals surface area (Å²) in [6, 6.07) is 6.34. The first-order chi connectivity index (χ1) is 11.7. The Labute approximate surface area is 142 Å². The second kappa shape index (κ2) is 8.19. The summed E-state index contributed by atoms with van der Waals surface area (Å²) in [5, 5.41) is 11.6. The summed E-state index contributed by atoms with van der Waals surface area (Å²) in [6.07, 6.45) is -3.94. The van der Waals surface area contributed by atoms with E-state index >= 15 is 0 Å². The number of carbonyl (C=O) groups excluding carboxylic acids is 1. The lowest BCUT2D eigenvalue weighted by molar-refractivity contribution is -0.176. The Balaban J connectivity index is 1.80. The molecule has 0 bridgehead atoms. The van der Waals surface area contributed by atoms with Crippen LogP contribution in [0, 0.1) is 5.92 Å². The van der Waals surface area contributed by atoms with E-state index < -0.39 is 24.7 Å². The summed E-state index contributed by atoms with van der Waals surface area (Å²) < 4.78 is 40.8. The average Bonchev–Trinajstić information content (AvgIpc) is 3.02. The molecule has 1 aromatic carbocycles. The van der Waals surface area contributed by atoms with Crippen molar-refractivity contribution in [3.63, 3.8) is 0 Å². The first-order valence-electron chi connectivity index (χ1n) is 7.72. The largest absolute Gasteiger partial charge is 0.481 e. The number of ether oxygens (including phenoxy) is 1. The molecule has 25 heavy (non-hydrogen) atoms. The van der Waals surface area contributed by atoms with Gasteiger partial charge in [0, 0.05) is 19.6 Å². The van der Waals surface area contributed by atoms with Gasteiger partial charge in [-0.3, -0.25) is 4.79 Å². The third-order valence-electron chi connectivity index (χ3n) is 3.79. The number of hydrogen-bond acceptors (Lipinski definition) is 3. The molecule has 2 N–H and O–H groups in total. The highest BCUT2D eigenvalue weighted by atomic mass is 19.4. The molecule has 1 saturated heterocycles. The first kappa shape index (κ1) is 19.0. The highest BCUT2D eigenvalue weighted by molar-refractivity contribution is 5.77. The number of rotatable bonds is 6. The number of aliphatic carboxylic acids is 1. The summed E-state index contributed by atoms with van der Waals surface area (Å²) >= 11 is 0. The van der Waals surface area contributed by atoms with Crippen molar-refractivity contribution in [3.05, 3.63) is 35.4 Å². The molecular weight excluding hydrogens is 341 g/mol. The molecular formula is C16H19F3N2O4. The van der Waals surface area contributed by atoms with Gasteiger partial charge in [-0.25, -0.2) is 4.79 Å². The predicted molar refractivity (Wildman–Crippen MR) is 81.7 cm³/mol. The van der Waals surface area contributed by atoms with Crippen molar-refractivity contribution in [3.8, 4) is 0 Å². The molecule has 1 heterocycles. The third-order valence-corrected chi connectivity index (χ3v) is 3.79. The molecule has 2 amide bonds. The SMILES string of the molecule is O=C(O)C1CCN(C(=O)NCc2cccc(COCC(F)(F)F)c2)C1. The number of carboxylic acid groups (broad SMARTS) is 1. The maximum Gasteiger partial charge on any atom is 0.411 e. The third kappa shape index (κ3) is 6.26. The van der Waals surface area contributed by atoms with E-state index in [1.54, 1.807) is 24.3 Å². The second-order valence-corrected chi connectivity index (χ2v) is 5.86. The minimum atomic E-state index is -4.37. The van der Waals surface area contributed by atoms with E-state index in [2.05, 4.69) is 10.1 Å². The smallest absolute Gasteiger partial charge is 0.411 e. The zero-order valence-electron chi connectivity index (χ0n) is 13.4. The van der Waals surface area contributed by atoms with E-state index in [1.807, 2.05) is 0 Å². The number of carbonyl (C=O) groups is 2. The van der Waals surface area contributed by atoms with Gasteiger partial charge in [-0.1, -0.05) is 24.3 Å². The Morgan fingerprint density at radius 1 is 1.32 bits per heavy atom. The maximum atomic E-state index is 12.1. The van der Waals surface area contributed by atoms with E-state index in [1.165, 1.54) is 4.90 Å². The minimum Gasteiger partial charge on any atom is -0.481 e. The average molecular weight is 360 g/mol. The lowest BCUT2D eigenvalue weighted by atomic mass is 10.1. The van der Waals surface area contributed by atoms with Gasteiger partial charge in [0.1, 0.15) is 6.61 Å². The Kier molecular flexibility index (Phi) is 6.24. The lowest BCUT2D eigenvalue weighted by Gasteiger charge is -2.17. The van der Waals surface area contributed by atoms with Gasteiger partial charge in [0.25, 0.3) is 0 Å². The van der Waals surface area contributed by atoms with E-state index in [0.717, 1.165) is 5.56 Å². The maximum absolute atomic E-state index is 12.1. The number of halogens is 3. The molecule has 1 aliphatic heterocycles. The molecule has 1 unspecified atom stereocenters. The standard InChI is InChI=1S/C16H19F3N2O4/c17-16(18,19)10-25-9-12-3-1-2-11(6-12)7-20-15(24)21-5-4-13(8-21)14(22)23/h1-3,6,13H,4-5,7-10H2,(H,20,24)(H,22,23). The zero-order chi connectivity index (χ0) is 18.4. The number of hydrogen-bond donors (Lipinski definition) is 2. The molecule has 9 heteroatoms. The van der Waals surface area contributed by atoms with Crippen LogP contribution in [0.25, 0.3) is 0 Å². The fraction of sp³-hybridized carbons (Fsp3) is 0.500. The van der Waals surface area contributed by atoms with Crippen molar-refractivity contribution in [2.45, 2.75) is 25.7 Å². The number of alkyl halides is 3. The summed E-state index contributed by atoms with van der Waals surface area (Å²) in [7, 11) is 0. The highest BCUT2D eigenvalue weighted by Gasteiger charge is 2.30. The van der Waals surface area contributed by atoms with Crippen molar-refractivity contribution in [1.82, 2.24) is 10.2 Å². The second-order valence-electron chi connectivity index (χ2n) is 5.86. The van der Waals surface area contributed by atoms with Gasteiger partial charge < -0.3 is 20.1 Å². The molecule has 1 atom stereocenters. The van der Waals surface area contributed by atoms with Crippen LogP contribution in [-0.4, -0.2) is 47.9 Å². The van der Waals surface area contributed by atoms with Gasteiger partial charge in [-0.15, -0.1) is 0 Å². The molecule has 138 valence electrons. The number of nitrogens with zero attached hydrogens (tertiary/aromatic N) is 1. The topological polar surface area (TPSA) is 78.9 Å². The molecule has 0 saturated carbocycles. The molecule has 6 nitrogen and oxygen atoms in total. The number of nitrogens with one attached hydrogen (secondary N) is 1. The molecule has 0 spiro atoms. The van der Waals surface area contributed by atoms with E-state index in [0.29, 0.717) is 18.5 Å². The van der Waals surface area contributed by atoms with E-state index in [4.69, 9.17) is 5.11 Å². The molecule has 1 fully saturated rings. The fourth-order valence-corrected chi connectivity index (χ4v) is 2.55. The first-order valence-corrected chi connectivity index (χ1v) is 7.72. The van der Waals surface area contributed by atoms with Crippen LogP contribution in [-0.2, 0) is 22.7 Å². The van der Waals surface area contributed by atoms with Crippen LogP contribution in [0.15, 0.2) is 24.3 Å². The lowest BCUT2D eigenvalue weighted by Crippen LogP contribution is -2.38. The van der Waals surface area contributed by atoms with Crippen molar-refractivity contribution < 1.29 is 32.6 Å². The highest BCUT2D eigenvalue weighted by Crippen LogP contribution is 2.17. The Bertz CT molecular complexity index is 622. The van der Waals surface area contributed by atoms with Gasteiger partial charge in [0.2, 0.25) is 0 Å². The van der Waals surface area contributed by atoms with Crippen molar-refractivity contribution >= 4 is 12.0 Å². The van der Waals surface area contributed by atoms with Crippen molar-refractivity contribution in [2.24, 2.45) is 5.92 Å². The van der Waals surface area contributed by atoms with Crippen molar-refractivity contribution in [2.75, 3.05) is 19.7 Å².